The summed E-state index contributed by atoms with van der Waals surface area (Å²) in [4.78, 5) is 16.8. The summed E-state index contributed by atoms with van der Waals surface area (Å²) in [5.74, 6) is -0.349. The van der Waals surface area contributed by atoms with Crippen molar-refractivity contribution in [2.24, 2.45) is 16.8 Å². The van der Waals surface area contributed by atoms with E-state index in [1.54, 1.807) is 11.8 Å². The molecule has 2 aliphatic heterocycles. The normalized spacial score (nSPS) is 38.5. The van der Waals surface area contributed by atoms with Gasteiger partial charge in [-0.25, -0.2) is 4.39 Å². The Morgan fingerprint density at radius 3 is 3.15 bits per heavy atom. The molecule has 2 heterocycles. The molecule has 2 fully saturated rings. The molecule has 2 aliphatic carbocycles. The zero-order valence-corrected chi connectivity index (χ0v) is 16.0. The largest absolute Gasteiger partial charge is 0.351 e. The van der Waals surface area contributed by atoms with Gasteiger partial charge >= 0.3 is 0 Å². The molecular formula is C19H19ClFN3O2S. The monoisotopic (exact) mass is 407 g/mol. The zero-order valence-electron chi connectivity index (χ0n) is 14.4. The number of aliphatic imine (C=N–C) groups is 1. The van der Waals surface area contributed by atoms with E-state index in [9.17, 15) is 9.18 Å². The van der Waals surface area contributed by atoms with E-state index in [1.807, 2.05) is 5.55 Å². The Morgan fingerprint density at radius 2 is 2.41 bits per heavy atom. The second-order valence-corrected chi connectivity index (χ2v) is 8.95. The van der Waals surface area contributed by atoms with Gasteiger partial charge in [-0.2, -0.15) is 0 Å². The van der Waals surface area contributed by atoms with Crippen molar-refractivity contribution in [3.05, 3.63) is 46.8 Å². The number of hydrogen-bond donors (Lipinski definition) is 2. The molecule has 1 saturated carbocycles. The third-order valence-electron chi connectivity index (χ3n) is 5.97. The van der Waals surface area contributed by atoms with Gasteiger partial charge < -0.3 is 10.1 Å². The number of nitrogens with one attached hydrogen (secondary N) is 2. The number of nitrogens with zero attached hydrogens (tertiary/aromatic N) is 1. The van der Waals surface area contributed by atoms with Crippen LogP contribution in [0.25, 0.3) is 0 Å². The first-order chi connectivity index (χ1) is 13.1. The molecule has 5 rings (SSSR count). The molecule has 5 nitrogen and oxygen atoms in total. The highest BCUT2D eigenvalue weighted by atomic mass is 35.5. The molecule has 6 unspecified atom stereocenters. The van der Waals surface area contributed by atoms with Crippen molar-refractivity contribution in [3.63, 3.8) is 0 Å². The quantitative estimate of drug-likeness (QED) is 0.753. The number of carbonyl (C=O) groups excluding carboxylic acids is 1. The number of benzene rings is 1. The van der Waals surface area contributed by atoms with Crippen molar-refractivity contribution in [2.75, 3.05) is 13.1 Å². The molecule has 0 aromatic heterocycles. The minimum absolute atomic E-state index is 0.101. The molecular weight excluding hydrogens is 389 g/mol. The van der Waals surface area contributed by atoms with Gasteiger partial charge in [-0.05, 0) is 24.5 Å². The van der Waals surface area contributed by atoms with E-state index in [0.29, 0.717) is 23.1 Å². The smallest absolute Gasteiger partial charge is 0.255 e. The van der Waals surface area contributed by atoms with E-state index in [-0.39, 0.29) is 29.0 Å². The molecule has 142 valence electrons. The fourth-order valence-electron chi connectivity index (χ4n) is 4.91. The van der Waals surface area contributed by atoms with Gasteiger partial charge in [0.05, 0.1) is 34.8 Å². The lowest BCUT2D eigenvalue weighted by molar-refractivity contribution is -0.130. The minimum atomic E-state index is -0.628. The predicted molar refractivity (Wildman–Crippen MR) is 104 cm³/mol. The summed E-state index contributed by atoms with van der Waals surface area (Å²) in [6.45, 7) is 1.08. The molecule has 1 saturated heterocycles. The van der Waals surface area contributed by atoms with Crippen molar-refractivity contribution in [2.45, 2.75) is 29.5 Å². The van der Waals surface area contributed by atoms with Gasteiger partial charge in [0.2, 0.25) is 0 Å². The molecule has 2 N–H and O–H groups in total. The average Bonchev–Trinajstić information content (AvgIpc) is 3.33. The molecule has 0 radical (unpaired) electrons. The standard InChI is InChI=1S/C19H19ClFN3O2S/c20-11-2-1-3-12(21)15(11)18(25)23-8-14-24-17-10-4-5-19(6-10,26-14)16(17)13-7-22-9-27-13/h1-5,9-10,13-14,16-17,24H,6-8H2,(H,23,25). The number of fused-ring (bicyclic) bond motifs is 3. The highest BCUT2D eigenvalue weighted by Gasteiger charge is 2.62. The molecule has 1 amide bonds. The Morgan fingerprint density at radius 1 is 1.52 bits per heavy atom. The van der Waals surface area contributed by atoms with Gasteiger partial charge in [0.15, 0.2) is 0 Å². The maximum atomic E-state index is 13.9. The first-order valence-electron chi connectivity index (χ1n) is 9.06. The van der Waals surface area contributed by atoms with Crippen molar-refractivity contribution < 1.29 is 13.9 Å². The van der Waals surface area contributed by atoms with Crippen molar-refractivity contribution in [1.29, 1.82) is 0 Å². The van der Waals surface area contributed by atoms with Gasteiger partial charge in [0, 0.05) is 17.2 Å². The van der Waals surface area contributed by atoms with Crippen LogP contribution >= 0.6 is 23.4 Å². The third kappa shape index (κ3) is 2.83. The topological polar surface area (TPSA) is 62.7 Å². The van der Waals surface area contributed by atoms with Crippen LogP contribution in [0.15, 0.2) is 35.3 Å². The lowest BCUT2D eigenvalue weighted by Crippen LogP contribution is -2.63. The molecule has 3 bridgehead atoms. The Hall–Kier alpha value is -1.41. The summed E-state index contributed by atoms with van der Waals surface area (Å²) in [5.41, 5.74) is 1.51. The zero-order chi connectivity index (χ0) is 18.6. The number of carbonyl (C=O) groups is 1. The summed E-state index contributed by atoms with van der Waals surface area (Å²) >= 11 is 7.75. The van der Waals surface area contributed by atoms with Gasteiger partial charge in [0.1, 0.15) is 12.0 Å². The third-order valence-corrected chi connectivity index (χ3v) is 7.34. The summed E-state index contributed by atoms with van der Waals surface area (Å²) in [6, 6.07) is 4.52. The number of ether oxygens (including phenoxy) is 1. The SMILES string of the molecule is O=C(NCC1NC2C3C=CC(C3)(O1)C2C1CN=CS1)c1c(F)cccc1Cl. The average molecular weight is 408 g/mol. The Labute approximate surface area is 165 Å². The van der Waals surface area contributed by atoms with E-state index in [2.05, 4.69) is 27.8 Å². The maximum absolute atomic E-state index is 13.9. The van der Waals surface area contributed by atoms with Crippen LogP contribution < -0.4 is 10.6 Å². The molecule has 4 aliphatic rings. The minimum Gasteiger partial charge on any atom is -0.351 e. The number of halogens is 2. The first kappa shape index (κ1) is 17.7. The summed E-state index contributed by atoms with van der Waals surface area (Å²) in [7, 11) is 0. The van der Waals surface area contributed by atoms with Gasteiger partial charge in [0.25, 0.3) is 5.91 Å². The van der Waals surface area contributed by atoms with E-state index in [4.69, 9.17) is 16.3 Å². The fraction of sp³-hybridized carbons (Fsp3) is 0.474. The highest BCUT2D eigenvalue weighted by molar-refractivity contribution is 8.12. The van der Waals surface area contributed by atoms with Crippen LogP contribution in [0.2, 0.25) is 5.02 Å². The summed E-state index contributed by atoms with van der Waals surface area (Å²) in [6.07, 6.45) is 5.09. The van der Waals surface area contributed by atoms with Crippen LogP contribution in [-0.4, -0.2) is 47.7 Å². The summed E-state index contributed by atoms with van der Waals surface area (Å²) in [5, 5.41) is 6.83. The highest BCUT2D eigenvalue weighted by Crippen LogP contribution is 2.55. The number of rotatable bonds is 4. The van der Waals surface area contributed by atoms with E-state index in [1.165, 1.54) is 18.2 Å². The van der Waals surface area contributed by atoms with Gasteiger partial charge in [-0.15, -0.1) is 11.8 Å². The maximum Gasteiger partial charge on any atom is 0.255 e. The lowest BCUT2D eigenvalue weighted by atomic mass is 9.81. The molecule has 8 heteroatoms. The van der Waals surface area contributed by atoms with Gasteiger partial charge in [-0.1, -0.05) is 29.8 Å². The number of hydrogen-bond acceptors (Lipinski definition) is 5. The second kappa shape index (κ2) is 6.58. The molecule has 1 aromatic rings. The molecule has 27 heavy (non-hydrogen) atoms. The van der Waals surface area contributed by atoms with Crippen molar-refractivity contribution >= 4 is 34.8 Å². The molecule has 1 spiro atoms. The van der Waals surface area contributed by atoms with Crippen LogP contribution in [0.1, 0.15) is 16.8 Å². The van der Waals surface area contributed by atoms with Crippen LogP contribution in [0.4, 0.5) is 4.39 Å². The Bertz CT molecular complexity index is 822. The first-order valence-corrected chi connectivity index (χ1v) is 10.4. The van der Waals surface area contributed by atoms with Crippen LogP contribution in [0.5, 0.6) is 0 Å². The fourth-order valence-corrected chi connectivity index (χ4v) is 6.22. The number of amides is 1. The molecule has 1 aromatic carbocycles. The van der Waals surface area contributed by atoms with E-state index >= 15 is 0 Å². The van der Waals surface area contributed by atoms with Crippen LogP contribution in [-0.2, 0) is 4.74 Å². The van der Waals surface area contributed by atoms with Gasteiger partial charge in [-0.3, -0.25) is 15.1 Å². The number of thioether (sulfide) groups is 1. The van der Waals surface area contributed by atoms with E-state index < -0.39 is 11.7 Å². The Kier molecular flexibility index (Phi) is 4.31. The predicted octanol–water partition coefficient (Wildman–Crippen LogP) is 2.61. The Balaban J connectivity index is 1.28. The van der Waals surface area contributed by atoms with Crippen molar-refractivity contribution in [3.8, 4) is 0 Å². The van der Waals surface area contributed by atoms with Crippen LogP contribution in [0, 0.1) is 17.7 Å². The summed E-state index contributed by atoms with van der Waals surface area (Å²) < 4.78 is 20.3. The lowest BCUT2D eigenvalue weighted by Gasteiger charge is -2.47. The second-order valence-electron chi connectivity index (χ2n) is 7.46. The van der Waals surface area contributed by atoms with Crippen molar-refractivity contribution in [1.82, 2.24) is 10.6 Å². The molecule has 6 atom stereocenters. The van der Waals surface area contributed by atoms with Crippen LogP contribution in [0.3, 0.4) is 0 Å². The van der Waals surface area contributed by atoms with E-state index in [0.717, 1.165) is 13.0 Å².